The van der Waals surface area contributed by atoms with Gasteiger partial charge in [0.25, 0.3) is 0 Å². The highest BCUT2D eigenvalue weighted by Gasteiger charge is 2.26. The number of hydrogen-bond acceptors (Lipinski definition) is 4. The third-order valence-electron chi connectivity index (χ3n) is 11.7. The van der Waals surface area contributed by atoms with Gasteiger partial charge < -0.3 is 5.32 Å². The van der Waals surface area contributed by atoms with Crippen LogP contribution in [-0.2, 0) is 0 Å². The Morgan fingerprint density at radius 3 is 1.61 bits per heavy atom. The Bertz CT molecular complexity index is 3140. The van der Waals surface area contributed by atoms with Crippen molar-refractivity contribution in [1.29, 1.82) is 0 Å². The minimum atomic E-state index is -0.409. The maximum absolute atomic E-state index is 5.32. The van der Waals surface area contributed by atoms with Crippen LogP contribution >= 0.6 is 0 Å². The minimum absolute atomic E-state index is 0.409. The molecule has 9 aromatic rings. The number of benzene rings is 7. The molecule has 0 radical (unpaired) electrons. The van der Waals surface area contributed by atoms with E-state index in [-0.39, 0.29) is 0 Å². The molecule has 5 nitrogen and oxygen atoms in total. The second-order valence-corrected chi connectivity index (χ2v) is 15.6. The first-order valence-corrected chi connectivity index (χ1v) is 21.1. The van der Waals surface area contributed by atoms with Gasteiger partial charge in [-0.3, -0.25) is 0 Å². The summed E-state index contributed by atoms with van der Waals surface area (Å²) in [6.07, 6.45) is 11.5. The zero-order chi connectivity index (χ0) is 41.2. The molecule has 0 amide bonds. The average molecular weight is 796 g/mol. The molecule has 2 aromatic heterocycles. The van der Waals surface area contributed by atoms with E-state index in [1.807, 2.05) is 24.4 Å². The lowest BCUT2D eigenvalue weighted by atomic mass is 9.89. The normalized spacial score (nSPS) is 14.4. The van der Waals surface area contributed by atoms with Crippen molar-refractivity contribution in [2.24, 2.45) is 9.98 Å². The molecule has 5 heteroatoms. The summed E-state index contributed by atoms with van der Waals surface area (Å²) in [5.41, 5.74) is 17.5. The Morgan fingerprint density at radius 2 is 0.984 bits per heavy atom. The highest BCUT2D eigenvalue weighted by molar-refractivity contribution is 6.13. The summed E-state index contributed by atoms with van der Waals surface area (Å²) < 4.78 is 2.15. The lowest BCUT2D eigenvalue weighted by Crippen LogP contribution is -2.33. The molecule has 62 heavy (non-hydrogen) atoms. The maximum Gasteiger partial charge on any atom is 0.159 e. The highest BCUT2D eigenvalue weighted by Crippen LogP contribution is 2.43. The topological polar surface area (TPSA) is 54.0 Å². The van der Waals surface area contributed by atoms with Gasteiger partial charge in [-0.1, -0.05) is 194 Å². The van der Waals surface area contributed by atoms with Gasteiger partial charge in [-0.05, 0) is 75.2 Å². The molecular formula is C57H41N5. The van der Waals surface area contributed by atoms with E-state index in [4.69, 9.17) is 15.1 Å². The van der Waals surface area contributed by atoms with Crippen LogP contribution in [0.2, 0.25) is 0 Å². The Morgan fingerprint density at radius 1 is 0.468 bits per heavy atom. The predicted octanol–water partition coefficient (Wildman–Crippen LogP) is 13.6. The third-order valence-corrected chi connectivity index (χ3v) is 11.7. The molecule has 0 fully saturated rings. The lowest BCUT2D eigenvalue weighted by Gasteiger charge is -2.25. The van der Waals surface area contributed by atoms with Gasteiger partial charge >= 0.3 is 0 Å². The molecule has 1 atom stereocenters. The zero-order valence-corrected chi connectivity index (χ0v) is 33.9. The lowest BCUT2D eigenvalue weighted by molar-refractivity contribution is 0.674. The molecule has 294 valence electrons. The van der Waals surface area contributed by atoms with Gasteiger partial charge in [-0.15, -0.1) is 0 Å². The Kier molecular flexibility index (Phi) is 9.60. The fraction of sp³-hybridized carbons (Fsp3) is 0.0351. The van der Waals surface area contributed by atoms with E-state index in [1.165, 1.54) is 0 Å². The predicted molar refractivity (Wildman–Crippen MR) is 257 cm³/mol. The number of allylic oxidation sites excluding steroid dienone is 2. The number of rotatable bonds is 8. The van der Waals surface area contributed by atoms with Crippen LogP contribution in [0.3, 0.4) is 0 Å². The molecule has 0 saturated heterocycles. The molecule has 7 aromatic carbocycles. The van der Waals surface area contributed by atoms with Crippen LogP contribution in [0, 0.1) is 0 Å². The molecule has 1 aliphatic carbocycles. The molecule has 0 bridgehead atoms. The van der Waals surface area contributed by atoms with Crippen LogP contribution in [0.15, 0.2) is 222 Å². The second-order valence-electron chi connectivity index (χ2n) is 15.6. The van der Waals surface area contributed by atoms with E-state index in [0.29, 0.717) is 5.84 Å². The number of fused-ring (bicyclic) bond motifs is 3. The van der Waals surface area contributed by atoms with Gasteiger partial charge in [0.05, 0.1) is 17.4 Å². The smallest absolute Gasteiger partial charge is 0.159 e. The van der Waals surface area contributed by atoms with E-state index in [1.54, 1.807) is 0 Å². The van der Waals surface area contributed by atoms with Crippen molar-refractivity contribution in [3.05, 3.63) is 240 Å². The Balaban J connectivity index is 1.09. The first-order chi connectivity index (χ1) is 30.7. The second kappa shape index (κ2) is 16.1. The van der Waals surface area contributed by atoms with E-state index in [9.17, 15) is 0 Å². The van der Waals surface area contributed by atoms with Gasteiger partial charge in [-0.25, -0.2) is 14.5 Å². The van der Waals surface area contributed by atoms with E-state index < -0.39 is 6.17 Å². The van der Waals surface area contributed by atoms with Gasteiger partial charge in [0, 0.05) is 33.4 Å². The fourth-order valence-corrected chi connectivity index (χ4v) is 8.76. The summed E-state index contributed by atoms with van der Waals surface area (Å²) in [6.45, 7) is 0. The number of nitrogens with one attached hydrogen (secondary N) is 1. The monoisotopic (exact) mass is 795 g/mol. The van der Waals surface area contributed by atoms with Crippen LogP contribution in [0.25, 0.3) is 73.4 Å². The van der Waals surface area contributed by atoms with Crippen molar-refractivity contribution >= 4 is 29.3 Å². The number of amidine groups is 2. The molecule has 1 unspecified atom stereocenters. The Labute approximate surface area is 361 Å². The van der Waals surface area contributed by atoms with Crippen molar-refractivity contribution in [2.75, 3.05) is 0 Å². The first kappa shape index (κ1) is 36.9. The zero-order valence-electron chi connectivity index (χ0n) is 33.9. The first-order valence-electron chi connectivity index (χ1n) is 21.1. The van der Waals surface area contributed by atoms with Crippen molar-refractivity contribution < 1.29 is 0 Å². The third kappa shape index (κ3) is 6.95. The summed E-state index contributed by atoms with van der Waals surface area (Å²) in [4.78, 5) is 10.6. The number of pyridine rings is 1. The van der Waals surface area contributed by atoms with Gasteiger partial charge in [-0.2, -0.15) is 5.10 Å². The molecule has 2 aliphatic rings. The molecule has 3 heterocycles. The maximum atomic E-state index is 5.32. The highest BCUT2D eigenvalue weighted by atomic mass is 15.2. The summed E-state index contributed by atoms with van der Waals surface area (Å²) in [7, 11) is 0. The fourth-order valence-electron chi connectivity index (χ4n) is 8.76. The summed E-state index contributed by atoms with van der Waals surface area (Å²) in [6, 6.07) is 68.2. The summed E-state index contributed by atoms with van der Waals surface area (Å²) in [5.74, 6) is 1.44. The van der Waals surface area contributed by atoms with E-state index in [0.717, 1.165) is 101 Å². The van der Waals surface area contributed by atoms with Crippen LogP contribution < -0.4 is 5.32 Å². The molecular weight excluding hydrogens is 755 g/mol. The van der Waals surface area contributed by atoms with E-state index in [2.05, 4.69) is 210 Å². The molecule has 0 spiro atoms. The van der Waals surface area contributed by atoms with Gasteiger partial charge in [0.1, 0.15) is 12.0 Å². The van der Waals surface area contributed by atoms with Crippen molar-refractivity contribution in [3.63, 3.8) is 0 Å². The van der Waals surface area contributed by atoms with Crippen LogP contribution in [0.1, 0.15) is 40.4 Å². The van der Waals surface area contributed by atoms with Crippen molar-refractivity contribution in [2.45, 2.75) is 12.6 Å². The van der Waals surface area contributed by atoms with Crippen LogP contribution in [-0.4, -0.2) is 21.3 Å². The van der Waals surface area contributed by atoms with Gasteiger partial charge in [0.15, 0.2) is 5.84 Å². The molecule has 1 N–H and O–H groups in total. The van der Waals surface area contributed by atoms with E-state index >= 15 is 0 Å². The number of aromatic nitrogens is 2. The standard InChI is InChI=1S/C57H41N5/c1-7-20-39(21-8-1)46-35-47(40-22-9-2-10-23-40)37-48(36-46)57-60-55(43-28-15-5-16-29-43)59-56(61-57)45-31-19-30-44(34-45)52-49-32-17-6-18-33-50(49)54-51(41-24-11-3-12-25-41)38-58-62(54)53(52)42-26-13-4-14-27-42/h1-5,7-38,57H,6H2,(H,59,60,61). The Hall–Kier alpha value is -8.15. The molecule has 0 saturated carbocycles. The van der Waals surface area contributed by atoms with Gasteiger partial charge in [0.2, 0.25) is 0 Å². The van der Waals surface area contributed by atoms with Crippen molar-refractivity contribution in [1.82, 2.24) is 14.9 Å². The number of nitrogens with zero attached hydrogens (tertiary/aromatic N) is 4. The molecule has 11 rings (SSSR count). The number of aliphatic imine (C=N–C) groups is 2. The average Bonchev–Trinajstić information content (AvgIpc) is 3.65. The van der Waals surface area contributed by atoms with Crippen LogP contribution in [0.5, 0.6) is 0 Å². The SMILES string of the molecule is C1=Cc2c(-c3cccc(C4=NC(c5ccccc5)=NC(c5cc(-c6ccccc6)cc(-c6ccccc6)c5)N4)c3)c(-c3ccccc3)n3ncc(-c4ccccc4)c3c2C=CC1. The van der Waals surface area contributed by atoms with Crippen LogP contribution in [0.4, 0.5) is 0 Å². The quantitative estimate of drug-likeness (QED) is 0.167. The largest absolute Gasteiger partial charge is 0.344 e. The summed E-state index contributed by atoms with van der Waals surface area (Å²) >= 11 is 0. The summed E-state index contributed by atoms with van der Waals surface area (Å²) in [5, 5.41) is 8.97. The molecule has 1 aliphatic heterocycles. The van der Waals surface area contributed by atoms with Crippen molar-refractivity contribution in [3.8, 4) is 55.8 Å². The minimum Gasteiger partial charge on any atom is -0.344 e. The number of hydrogen-bond donors (Lipinski definition) is 1.